The Morgan fingerprint density at radius 3 is 2.63 bits per heavy atom. The lowest BCUT2D eigenvalue weighted by atomic mass is 9.93. The molecule has 1 aliphatic rings. The molecule has 19 heavy (non-hydrogen) atoms. The average molecular weight is 327 g/mol. The van der Waals surface area contributed by atoms with Crippen molar-refractivity contribution in [3.63, 3.8) is 0 Å². The van der Waals surface area contributed by atoms with Gasteiger partial charge in [-0.2, -0.15) is 0 Å². The molecule has 0 aliphatic carbocycles. The molecule has 3 nitrogen and oxygen atoms in total. The van der Waals surface area contributed by atoms with Crippen molar-refractivity contribution in [1.82, 2.24) is 0 Å². The van der Waals surface area contributed by atoms with Crippen molar-refractivity contribution in [3.05, 3.63) is 34.3 Å². The maximum Gasteiger partial charge on any atom is 0.306 e. The maximum atomic E-state index is 11.4. The maximum absolute atomic E-state index is 11.4. The van der Waals surface area contributed by atoms with E-state index in [2.05, 4.69) is 15.9 Å². The van der Waals surface area contributed by atoms with Crippen LogP contribution >= 0.6 is 15.9 Å². The first-order valence-electron chi connectivity index (χ1n) is 6.67. The number of halogens is 1. The van der Waals surface area contributed by atoms with E-state index >= 15 is 0 Å². The van der Waals surface area contributed by atoms with E-state index in [0.717, 1.165) is 22.9 Å². The SMILES string of the molecule is CC1CCC(CC(Cc2ccc(Br)cc2)C(=O)O)O1. The summed E-state index contributed by atoms with van der Waals surface area (Å²) in [4.78, 5) is 11.4. The fourth-order valence-corrected chi connectivity index (χ4v) is 2.82. The third-order valence-corrected chi connectivity index (χ3v) is 4.14. The molecule has 1 fully saturated rings. The van der Waals surface area contributed by atoms with Gasteiger partial charge in [0.25, 0.3) is 0 Å². The van der Waals surface area contributed by atoms with Crippen LogP contribution in [0.4, 0.5) is 0 Å². The fourth-order valence-electron chi connectivity index (χ4n) is 2.55. The Balaban J connectivity index is 1.96. The quantitative estimate of drug-likeness (QED) is 0.898. The Kier molecular flexibility index (Phi) is 4.99. The molecule has 0 bridgehead atoms. The highest BCUT2D eigenvalue weighted by atomic mass is 79.9. The minimum Gasteiger partial charge on any atom is -0.481 e. The first-order valence-corrected chi connectivity index (χ1v) is 7.46. The van der Waals surface area contributed by atoms with Crippen molar-refractivity contribution in [1.29, 1.82) is 0 Å². The number of rotatable bonds is 5. The Hall–Kier alpha value is -0.870. The number of benzene rings is 1. The Labute approximate surface area is 122 Å². The fraction of sp³-hybridized carbons (Fsp3) is 0.533. The zero-order valence-electron chi connectivity index (χ0n) is 11.0. The van der Waals surface area contributed by atoms with Crippen LogP contribution in [-0.4, -0.2) is 23.3 Å². The van der Waals surface area contributed by atoms with E-state index in [9.17, 15) is 9.90 Å². The van der Waals surface area contributed by atoms with Crippen LogP contribution < -0.4 is 0 Å². The molecule has 1 heterocycles. The number of ether oxygens (including phenoxy) is 1. The van der Waals surface area contributed by atoms with Gasteiger partial charge in [0.1, 0.15) is 0 Å². The van der Waals surface area contributed by atoms with Crippen molar-refractivity contribution >= 4 is 21.9 Å². The van der Waals surface area contributed by atoms with Gasteiger partial charge >= 0.3 is 5.97 Å². The first-order chi connectivity index (χ1) is 9.04. The van der Waals surface area contributed by atoms with Gasteiger partial charge in [-0.25, -0.2) is 0 Å². The van der Waals surface area contributed by atoms with E-state index in [-0.39, 0.29) is 18.1 Å². The zero-order chi connectivity index (χ0) is 13.8. The molecule has 1 aliphatic heterocycles. The van der Waals surface area contributed by atoms with Crippen LogP contribution in [-0.2, 0) is 16.0 Å². The second kappa shape index (κ2) is 6.53. The number of aliphatic carboxylic acids is 1. The molecule has 3 unspecified atom stereocenters. The highest BCUT2D eigenvalue weighted by molar-refractivity contribution is 9.10. The molecule has 4 heteroatoms. The van der Waals surface area contributed by atoms with Crippen LogP contribution in [0, 0.1) is 5.92 Å². The topological polar surface area (TPSA) is 46.5 Å². The van der Waals surface area contributed by atoms with E-state index in [0.29, 0.717) is 12.8 Å². The van der Waals surface area contributed by atoms with Crippen LogP contribution in [0.3, 0.4) is 0 Å². The second-order valence-electron chi connectivity index (χ2n) is 5.25. The standard InChI is InChI=1S/C15H19BrO3/c1-10-2-7-14(19-10)9-12(15(17)18)8-11-3-5-13(16)6-4-11/h3-6,10,12,14H,2,7-9H2,1H3,(H,17,18). The van der Waals surface area contributed by atoms with Gasteiger partial charge in [0.2, 0.25) is 0 Å². The molecule has 0 aromatic heterocycles. The van der Waals surface area contributed by atoms with Crippen LogP contribution in [0.25, 0.3) is 0 Å². The minimum absolute atomic E-state index is 0.103. The molecule has 2 rings (SSSR count). The summed E-state index contributed by atoms with van der Waals surface area (Å²) in [7, 11) is 0. The van der Waals surface area contributed by atoms with Crippen molar-refractivity contribution in [2.75, 3.05) is 0 Å². The number of carbonyl (C=O) groups is 1. The molecule has 3 atom stereocenters. The van der Waals surface area contributed by atoms with Gasteiger partial charge in [-0.1, -0.05) is 28.1 Å². The van der Waals surface area contributed by atoms with Crippen LogP contribution in [0.15, 0.2) is 28.7 Å². The summed E-state index contributed by atoms with van der Waals surface area (Å²) in [5.41, 5.74) is 1.06. The summed E-state index contributed by atoms with van der Waals surface area (Å²) in [5, 5.41) is 9.35. The molecule has 1 saturated heterocycles. The first kappa shape index (κ1) is 14.5. The average Bonchev–Trinajstić information content (AvgIpc) is 2.76. The molecular formula is C15H19BrO3. The molecule has 104 valence electrons. The molecule has 1 aromatic rings. The van der Waals surface area contributed by atoms with Gasteiger partial charge in [0.05, 0.1) is 18.1 Å². The Morgan fingerprint density at radius 2 is 2.11 bits per heavy atom. The summed E-state index contributed by atoms with van der Waals surface area (Å²) in [6.07, 6.45) is 3.56. The normalized spacial score (nSPS) is 24.3. The van der Waals surface area contributed by atoms with E-state index in [1.165, 1.54) is 0 Å². The largest absolute Gasteiger partial charge is 0.481 e. The third-order valence-electron chi connectivity index (χ3n) is 3.61. The summed E-state index contributed by atoms with van der Waals surface area (Å²) in [6, 6.07) is 7.83. The Morgan fingerprint density at radius 1 is 1.42 bits per heavy atom. The van der Waals surface area contributed by atoms with Gasteiger partial charge in [0.15, 0.2) is 0 Å². The number of hydrogen-bond acceptors (Lipinski definition) is 2. The summed E-state index contributed by atoms with van der Waals surface area (Å²) in [6.45, 7) is 2.05. The summed E-state index contributed by atoms with van der Waals surface area (Å²) < 4.78 is 6.74. The molecule has 1 aromatic carbocycles. The van der Waals surface area contributed by atoms with Crippen molar-refractivity contribution < 1.29 is 14.6 Å². The van der Waals surface area contributed by atoms with E-state index in [1.54, 1.807) is 0 Å². The number of hydrogen-bond donors (Lipinski definition) is 1. The Bertz CT molecular complexity index is 430. The lowest BCUT2D eigenvalue weighted by molar-refractivity contribution is -0.143. The highest BCUT2D eigenvalue weighted by Gasteiger charge is 2.28. The zero-order valence-corrected chi connectivity index (χ0v) is 12.6. The van der Waals surface area contributed by atoms with Crippen LogP contribution in [0.5, 0.6) is 0 Å². The molecule has 0 spiro atoms. The predicted octanol–water partition coefficient (Wildman–Crippen LogP) is 3.65. The molecule has 0 saturated carbocycles. The highest BCUT2D eigenvalue weighted by Crippen LogP contribution is 2.26. The van der Waals surface area contributed by atoms with Crippen molar-refractivity contribution in [2.24, 2.45) is 5.92 Å². The number of carboxylic acids is 1. The second-order valence-corrected chi connectivity index (χ2v) is 6.16. The molecule has 0 radical (unpaired) electrons. The third kappa shape index (κ3) is 4.32. The predicted molar refractivity (Wildman–Crippen MR) is 77.2 cm³/mol. The van der Waals surface area contributed by atoms with Gasteiger partial charge in [0, 0.05) is 4.47 Å². The lowest BCUT2D eigenvalue weighted by Crippen LogP contribution is -2.23. The van der Waals surface area contributed by atoms with Gasteiger partial charge in [-0.05, 0) is 50.3 Å². The summed E-state index contributed by atoms with van der Waals surface area (Å²) >= 11 is 3.38. The molecule has 1 N–H and O–H groups in total. The number of carboxylic acid groups (broad SMARTS) is 1. The van der Waals surface area contributed by atoms with Crippen molar-refractivity contribution in [3.8, 4) is 0 Å². The van der Waals surface area contributed by atoms with Gasteiger partial charge in [-0.15, -0.1) is 0 Å². The van der Waals surface area contributed by atoms with E-state index in [1.807, 2.05) is 31.2 Å². The van der Waals surface area contributed by atoms with Gasteiger partial charge in [-0.3, -0.25) is 4.79 Å². The monoisotopic (exact) mass is 326 g/mol. The van der Waals surface area contributed by atoms with Crippen LogP contribution in [0.2, 0.25) is 0 Å². The van der Waals surface area contributed by atoms with E-state index in [4.69, 9.17) is 4.74 Å². The lowest BCUT2D eigenvalue weighted by Gasteiger charge is -2.17. The minimum atomic E-state index is -0.730. The van der Waals surface area contributed by atoms with Crippen molar-refractivity contribution in [2.45, 2.75) is 44.8 Å². The molecule has 0 amide bonds. The van der Waals surface area contributed by atoms with Crippen LogP contribution in [0.1, 0.15) is 31.7 Å². The smallest absolute Gasteiger partial charge is 0.306 e. The molecular weight excluding hydrogens is 308 g/mol. The van der Waals surface area contributed by atoms with Gasteiger partial charge < -0.3 is 9.84 Å². The van der Waals surface area contributed by atoms with E-state index < -0.39 is 5.97 Å². The summed E-state index contributed by atoms with van der Waals surface area (Å²) in [5.74, 6) is -1.09.